The Morgan fingerprint density at radius 1 is 1.12 bits per heavy atom. The number of hydrogen-bond donors (Lipinski definition) is 1. The Morgan fingerprint density at radius 2 is 1.77 bits per heavy atom. The molecule has 0 spiro atoms. The lowest BCUT2D eigenvalue weighted by molar-refractivity contribution is -0.0206. The molecule has 1 saturated heterocycles. The van der Waals surface area contributed by atoms with E-state index in [1.807, 2.05) is 36.4 Å². The Bertz CT molecular complexity index is 692. The molecule has 0 saturated carbocycles. The number of nitrogens with zero attached hydrogens (tertiary/aromatic N) is 1. The normalized spacial score (nSPS) is 18.8. The maximum Gasteiger partial charge on any atom is 0.101 e. The first-order valence-corrected chi connectivity index (χ1v) is 9.39. The number of morpholine rings is 1. The molecule has 0 aromatic heterocycles. The Balaban J connectivity index is 2.00. The van der Waals surface area contributed by atoms with Gasteiger partial charge in [-0.3, -0.25) is 4.90 Å². The molecule has 0 unspecified atom stereocenters. The van der Waals surface area contributed by atoms with Crippen LogP contribution < -0.4 is 0 Å². The summed E-state index contributed by atoms with van der Waals surface area (Å²) in [5, 5.41) is 11.9. The van der Waals surface area contributed by atoms with Crippen LogP contribution in [0.25, 0.3) is 0 Å². The van der Waals surface area contributed by atoms with E-state index < -0.39 is 5.60 Å². The lowest BCUT2D eigenvalue weighted by Gasteiger charge is -2.40. The fraction of sp³-hybridized carbons (Fsp3) is 0.391. The number of ether oxygens (including phenoxy) is 1. The van der Waals surface area contributed by atoms with Crippen molar-refractivity contribution in [1.82, 2.24) is 4.90 Å². The van der Waals surface area contributed by atoms with Crippen molar-refractivity contribution < 1.29 is 9.84 Å². The molecule has 3 rings (SSSR count). The summed E-state index contributed by atoms with van der Waals surface area (Å²) in [6.45, 7) is 10.1. The average Bonchev–Trinajstić information content (AvgIpc) is 2.68. The number of rotatable bonds is 7. The highest BCUT2D eigenvalue weighted by molar-refractivity contribution is 5.34. The molecule has 138 valence electrons. The molecule has 2 aromatic carbocycles. The second-order valence-electron chi connectivity index (χ2n) is 7.16. The highest BCUT2D eigenvalue weighted by atomic mass is 16.5. The van der Waals surface area contributed by atoms with Gasteiger partial charge >= 0.3 is 0 Å². The first kappa shape index (κ1) is 18.8. The topological polar surface area (TPSA) is 32.7 Å². The van der Waals surface area contributed by atoms with E-state index in [9.17, 15) is 5.11 Å². The van der Waals surface area contributed by atoms with Crippen LogP contribution in [0, 0.1) is 6.92 Å². The van der Waals surface area contributed by atoms with Crippen LogP contribution in [0.4, 0.5) is 0 Å². The van der Waals surface area contributed by atoms with Crippen LogP contribution in [0.3, 0.4) is 0 Å². The van der Waals surface area contributed by atoms with Gasteiger partial charge in [-0.15, -0.1) is 6.58 Å². The third-order valence-corrected chi connectivity index (χ3v) is 5.33. The molecule has 1 heterocycles. The van der Waals surface area contributed by atoms with Crippen molar-refractivity contribution >= 4 is 0 Å². The molecule has 26 heavy (non-hydrogen) atoms. The van der Waals surface area contributed by atoms with Crippen molar-refractivity contribution in [3.05, 3.63) is 83.9 Å². The van der Waals surface area contributed by atoms with Crippen LogP contribution in [0.2, 0.25) is 0 Å². The Hall–Kier alpha value is -1.94. The second-order valence-corrected chi connectivity index (χ2v) is 7.16. The van der Waals surface area contributed by atoms with Gasteiger partial charge in [-0.2, -0.15) is 0 Å². The SMILES string of the molecule is C=CC[C@@](O)(c1ccc(C)cc1)[C@@H](CN1CCOCC1)c1ccccc1. The van der Waals surface area contributed by atoms with Crippen molar-refractivity contribution in [2.45, 2.75) is 24.9 Å². The van der Waals surface area contributed by atoms with Crippen LogP contribution >= 0.6 is 0 Å². The highest BCUT2D eigenvalue weighted by Gasteiger charge is 2.39. The molecule has 0 aliphatic carbocycles. The predicted molar refractivity (Wildman–Crippen MR) is 106 cm³/mol. The zero-order valence-corrected chi connectivity index (χ0v) is 15.6. The van der Waals surface area contributed by atoms with E-state index in [4.69, 9.17) is 4.74 Å². The number of aryl methyl sites for hydroxylation is 1. The molecule has 1 aliphatic heterocycles. The Kier molecular flexibility index (Phi) is 6.25. The maximum absolute atomic E-state index is 11.9. The summed E-state index contributed by atoms with van der Waals surface area (Å²) in [4.78, 5) is 2.39. The highest BCUT2D eigenvalue weighted by Crippen LogP contribution is 2.41. The smallest absolute Gasteiger partial charge is 0.101 e. The first-order chi connectivity index (χ1) is 12.6. The summed E-state index contributed by atoms with van der Waals surface area (Å²) in [5.41, 5.74) is 2.31. The fourth-order valence-electron chi connectivity index (χ4n) is 3.78. The number of benzene rings is 2. The third-order valence-electron chi connectivity index (χ3n) is 5.33. The molecule has 3 nitrogen and oxygen atoms in total. The number of hydrogen-bond acceptors (Lipinski definition) is 3. The Morgan fingerprint density at radius 3 is 2.38 bits per heavy atom. The lowest BCUT2D eigenvalue weighted by atomic mass is 9.74. The van der Waals surface area contributed by atoms with E-state index in [1.54, 1.807) is 0 Å². The average molecular weight is 351 g/mol. The molecule has 2 aromatic rings. The van der Waals surface area contributed by atoms with Gasteiger partial charge in [0.05, 0.1) is 13.2 Å². The van der Waals surface area contributed by atoms with Crippen LogP contribution in [-0.2, 0) is 10.3 Å². The van der Waals surface area contributed by atoms with Gasteiger partial charge in [0.25, 0.3) is 0 Å². The molecule has 2 atom stereocenters. The summed E-state index contributed by atoms with van der Waals surface area (Å²) in [5.74, 6) is -0.0393. The molecule has 1 aliphatic rings. The van der Waals surface area contributed by atoms with Gasteiger partial charge in [0.15, 0.2) is 0 Å². The quantitative estimate of drug-likeness (QED) is 0.769. The molecule has 1 fully saturated rings. The molecule has 1 N–H and O–H groups in total. The summed E-state index contributed by atoms with van der Waals surface area (Å²) in [6, 6.07) is 18.6. The molecular formula is C23H29NO2. The predicted octanol–water partition coefficient (Wildman–Crippen LogP) is 3.87. The Labute approximate surface area is 156 Å². The molecular weight excluding hydrogens is 322 g/mol. The van der Waals surface area contributed by atoms with Crippen LogP contribution in [0.5, 0.6) is 0 Å². The molecule has 0 radical (unpaired) electrons. The van der Waals surface area contributed by atoms with Gasteiger partial charge in [-0.05, 0) is 24.5 Å². The summed E-state index contributed by atoms with van der Waals surface area (Å²) in [6.07, 6.45) is 2.34. The largest absolute Gasteiger partial charge is 0.384 e. The lowest BCUT2D eigenvalue weighted by Crippen LogP contribution is -2.44. The van der Waals surface area contributed by atoms with E-state index in [-0.39, 0.29) is 5.92 Å². The molecule has 3 heteroatoms. The van der Waals surface area contributed by atoms with Crippen molar-refractivity contribution in [1.29, 1.82) is 0 Å². The van der Waals surface area contributed by atoms with E-state index in [0.29, 0.717) is 6.42 Å². The fourth-order valence-corrected chi connectivity index (χ4v) is 3.78. The standard InChI is InChI=1S/C23H29NO2/c1-3-13-23(25,21-11-9-19(2)10-12-21)22(20-7-5-4-6-8-20)18-24-14-16-26-17-15-24/h3-12,22,25H,1,13-18H2,2H3/t22-,23+/m0/s1. The van der Waals surface area contributed by atoms with Crippen molar-refractivity contribution in [3.8, 4) is 0 Å². The maximum atomic E-state index is 11.9. The van der Waals surface area contributed by atoms with Gasteiger partial charge < -0.3 is 9.84 Å². The monoisotopic (exact) mass is 351 g/mol. The van der Waals surface area contributed by atoms with Crippen molar-refractivity contribution in [2.24, 2.45) is 0 Å². The van der Waals surface area contributed by atoms with E-state index in [2.05, 4.69) is 42.7 Å². The minimum absolute atomic E-state index is 0.0393. The van der Waals surface area contributed by atoms with Gasteiger partial charge in [0, 0.05) is 25.6 Å². The van der Waals surface area contributed by atoms with Gasteiger partial charge in [0.2, 0.25) is 0 Å². The van der Waals surface area contributed by atoms with Crippen LogP contribution in [0.1, 0.15) is 29.0 Å². The zero-order valence-electron chi connectivity index (χ0n) is 15.6. The van der Waals surface area contributed by atoms with Gasteiger partial charge in [-0.1, -0.05) is 66.2 Å². The van der Waals surface area contributed by atoms with E-state index in [1.165, 1.54) is 5.56 Å². The van der Waals surface area contributed by atoms with Gasteiger partial charge in [-0.25, -0.2) is 0 Å². The van der Waals surface area contributed by atoms with Crippen LogP contribution in [0.15, 0.2) is 67.3 Å². The minimum Gasteiger partial charge on any atom is -0.384 e. The zero-order chi connectivity index (χ0) is 18.4. The third kappa shape index (κ3) is 4.24. The first-order valence-electron chi connectivity index (χ1n) is 9.39. The second kappa shape index (κ2) is 8.63. The van der Waals surface area contributed by atoms with E-state index >= 15 is 0 Å². The molecule has 0 bridgehead atoms. The van der Waals surface area contributed by atoms with Crippen LogP contribution in [-0.4, -0.2) is 42.9 Å². The van der Waals surface area contributed by atoms with Gasteiger partial charge in [0.1, 0.15) is 5.60 Å². The minimum atomic E-state index is -0.991. The molecule has 0 amide bonds. The number of aliphatic hydroxyl groups is 1. The van der Waals surface area contributed by atoms with E-state index in [0.717, 1.165) is 44.0 Å². The summed E-state index contributed by atoms with van der Waals surface area (Å²) < 4.78 is 5.50. The summed E-state index contributed by atoms with van der Waals surface area (Å²) in [7, 11) is 0. The summed E-state index contributed by atoms with van der Waals surface area (Å²) >= 11 is 0. The van der Waals surface area contributed by atoms with Crippen molar-refractivity contribution in [2.75, 3.05) is 32.8 Å². The van der Waals surface area contributed by atoms with Crippen molar-refractivity contribution in [3.63, 3.8) is 0 Å².